The van der Waals surface area contributed by atoms with Gasteiger partial charge >= 0.3 is 6.09 Å². The Morgan fingerprint density at radius 1 is 1.38 bits per heavy atom. The number of ether oxygens (including phenoxy) is 3. The molecule has 3 rings (SSSR count). The van der Waals surface area contributed by atoms with Crippen LogP contribution < -0.4 is 5.32 Å². The van der Waals surface area contributed by atoms with Crippen molar-refractivity contribution in [3.63, 3.8) is 0 Å². The Hall–Kier alpha value is -1.71. The lowest BCUT2D eigenvalue weighted by Crippen LogP contribution is -2.39. The van der Waals surface area contributed by atoms with Crippen LogP contribution >= 0.6 is 11.3 Å². The number of hydrogen-bond acceptors (Lipinski definition) is 7. The first-order valence-corrected chi connectivity index (χ1v) is 11.0. The molecule has 162 valence electrons. The van der Waals surface area contributed by atoms with E-state index < -0.39 is 11.7 Å². The largest absolute Gasteiger partial charge is 0.444 e. The van der Waals surface area contributed by atoms with Gasteiger partial charge in [-0.1, -0.05) is 11.3 Å². The van der Waals surface area contributed by atoms with Crippen LogP contribution in [-0.4, -0.2) is 59.5 Å². The summed E-state index contributed by atoms with van der Waals surface area (Å²) in [6.45, 7) is 9.48. The molecule has 2 aliphatic heterocycles. The lowest BCUT2D eigenvalue weighted by atomic mass is 10.1. The van der Waals surface area contributed by atoms with E-state index in [0.29, 0.717) is 31.2 Å². The maximum Gasteiger partial charge on any atom is 0.410 e. The van der Waals surface area contributed by atoms with Gasteiger partial charge in [0.1, 0.15) is 11.7 Å². The number of thiazole rings is 1. The van der Waals surface area contributed by atoms with Crippen molar-refractivity contribution in [2.45, 2.75) is 77.7 Å². The highest BCUT2D eigenvalue weighted by molar-refractivity contribution is 7.15. The molecule has 1 aromatic rings. The molecule has 2 aliphatic rings. The first-order chi connectivity index (χ1) is 13.7. The van der Waals surface area contributed by atoms with Crippen LogP contribution in [0, 0.1) is 0 Å². The van der Waals surface area contributed by atoms with Crippen molar-refractivity contribution in [3.05, 3.63) is 10.6 Å². The summed E-state index contributed by atoms with van der Waals surface area (Å²) in [6.07, 6.45) is 3.01. The molecule has 0 aliphatic carbocycles. The number of anilines is 1. The van der Waals surface area contributed by atoms with Gasteiger partial charge in [-0.25, -0.2) is 9.78 Å². The first-order valence-electron chi connectivity index (χ1n) is 10.2. The van der Waals surface area contributed by atoms with Crippen molar-refractivity contribution in [2.24, 2.45) is 0 Å². The third-order valence-corrected chi connectivity index (χ3v) is 5.79. The molecule has 0 saturated carbocycles. The fraction of sp³-hybridized carbons (Fsp3) is 0.750. The van der Waals surface area contributed by atoms with Crippen LogP contribution in [0.2, 0.25) is 0 Å². The molecule has 8 nitrogen and oxygen atoms in total. The Kier molecular flexibility index (Phi) is 7.13. The molecule has 1 saturated heterocycles. The highest BCUT2D eigenvalue weighted by Gasteiger charge is 2.28. The van der Waals surface area contributed by atoms with E-state index in [1.54, 1.807) is 11.8 Å². The SMILES string of the molecule is CC(OCC1CCCCO1)C(=O)Nc1nc2c(s1)CN(C(=O)OC(C)(C)C)CC2. The van der Waals surface area contributed by atoms with Crippen LogP contribution in [0.15, 0.2) is 0 Å². The standard InChI is InChI=1S/C20H31N3O5S/c1-13(27-12-14-7-5-6-10-26-14)17(24)22-18-21-15-8-9-23(11-16(15)29-18)19(25)28-20(2,3)4/h13-14H,5-12H2,1-4H3,(H,21,22,24). The van der Waals surface area contributed by atoms with Gasteiger partial charge in [0.25, 0.3) is 5.91 Å². The third-order valence-electron chi connectivity index (χ3n) is 4.79. The van der Waals surface area contributed by atoms with Gasteiger partial charge in [-0.05, 0) is 47.0 Å². The van der Waals surface area contributed by atoms with Crippen LogP contribution in [0.25, 0.3) is 0 Å². The number of carbonyl (C=O) groups excluding carboxylic acids is 2. The topological polar surface area (TPSA) is 90.0 Å². The summed E-state index contributed by atoms with van der Waals surface area (Å²) in [5.74, 6) is -0.226. The molecule has 9 heteroatoms. The molecule has 0 bridgehead atoms. The summed E-state index contributed by atoms with van der Waals surface area (Å²) in [7, 11) is 0. The van der Waals surface area contributed by atoms with Crippen LogP contribution in [0.4, 0.5) is 9.93 Å². The van der Waals surface area contributed by atoms with Gasteiger partial charge in [0, 0.05) is 24.4 Å². The van der Waals surface area contributed by atoms with Crippen molar-refractivity contribution in [1.82, 2.24) is 9.88 Å². The highest BCUT2D eigenvalue weighted by Crippen LogP contribution is 2.29. The van der Waals surface area contributed by atoms with E-state index in [-0.39, 0.29) is 18.1 Å². The maximum absolute atomic E-state index is 12.4. The minimum atomic E-state index is -0.584. The van der Waals surface area contributed by atoms with E-state index in [0.717, 1.165) is 36.4 Å². The first kappa shape index (κ1) is 22.0. The van der Waals surface area contributed by atoms with Crippen molar-refractivity contribution < 1.29 is 23.8 Å². The molecule has 2 atom stereocenters. The van der Waals surface area contributed by atoms with E-state index in [2.05, 4.69) is 10.3 Å². The average molecular weight is 426 g/mol. The molecule has 29 heavy (non-hydrogen) atoms. The maximum atomic E-state index is 12.4. The summed E-state index contributed by atoms with van der Waals surface area (Å²) >= 11 is 1.39. The summed E-state index contributed by atoms with van der Waals surface area (Å²) < 4.78 is 16.8. The van der Waals surface area contributed by atoms with Gasteiger partial charge in [0.2, 0.25) is 0 Å². The molecule has 0 spiro atoms. The predicted octanol–water partition coefficient (Wildman–Crippen LogP) is 3.35. The highest BCUT2D eigenvalue weighted by atomic mass is 32.1. The Bertz CT molecular complexity index is 724. The van der Waals surface area contributed by atoms with Crippen LogP contribution in [0.5, 0.6) is 0 Å². The Morgan fingerprint density at radius 2 is 2.17 bits per heavy atom. The molecule has 1 N–H and O–H groups in total. The summed E-state index contributed by atoms with van der Waals surface area (Å²) in [6, 6.07) is 0. The van der Waals surface area contributed by atoms with Gasteiger partial charge < -0.3 is 19.1 Å². The molecule has 0 aromatic carbocycles. The molecule has 2 unspecified atom stereocenters. The van der Waals surface area contributed by atoms with Gasteiger partial charge in [0.05, 0.1) is 24.9 Å². The van der Waals surface area contributed by atoms with Crippen molar-refractivity contribution >= 4 is 28.5 Å². The summed E-state index contributed by atoms with van der Waals surface area (Å²) in [4.78, 5) is 31.9. The predicted molar refractivity (Wildman–Crippen MR) is 110 cm³/mol. The zero-order valence-electron chi connectivity index (χ0n) is 17.7. The molecule has 1 aromatic heterocycles. The molecule has 0 radical (unpaired) electrons. The van der Waals surface area contributed by atoms with E-state index in [1.807, 2.05) is 20.8 Å². The molecular formula is C20H31N3O5S. The van der Waals surface area contributed by atoms with Crippen LogP contribution in [-0.2, 0) is 32.0 Å². The molecule has 2 amide bonds. The zero-order chi connectivity index (χ0) is 21.0. The van der Waals surface area contributed by atoms with Gasteiger partial charge in [-0.15, -0.1) is 0 Å². The second-order valence-electron chi connectivity index (χ2n) is 8.49. The minimum absolute atomic E-state index is 0.0741. The molecule has 1 fully saturated rings. The number of hydrogen-bond donors (Lipinski definition) is 1. The van der Waals surface area contributed by atoms with Gasteiger partial charge in [-0.3, -0.25) is 10.1 Å². The summed E-state index contributed by atoms with van der Waals surface area (Å²) in [5.41, 5.74) is 0.400. The number of fused-ring (bicyclic) bond motifs is 1. The number of rotatable bonds is 5. The zero-order valence-corrected chi connectivity index (χ0v) is 18.5. The number of nitrogens with one attached hydrogen (secondary N) is 1. The Labute approximate surface area is 175 Å². The lowest BCUT2D eigenvalue weighted by molar-refractivity contribution is -0.130. The second-order valence-corrected chi connectivity index (χ2v) is 9.58. The number of amides is 2. The molecular weight excluding hydrogens is 394 g/mol. The van der Waals surface area contributed by atoms with Crippen molar-refractivity contribution in [1.29, 1.82) is 0 Å². The quantitative estimate of drug-likeness (QED) is 0.778. The smallest absolute Gasteiger partial charge is 0.410 e. The van der Waals surface area contributed by atoms with Gasteiger partial charge in [0.15, 0.2) is 5.13 Å². The Balaban J connectivity index is 1.50. The monoisotopic (exact) mass is 425 g/mol. The fourth-order valence-corrected chi connectivity index (χ4v) is 4.23. The van der Waals surface area contributed by atoms with Crippen molar-refractivity contribution in [3.8, 4) is 0 Å². The van der Waals surface area contributed by atoms with Crippen LogP contribution in [0.1, 0.15) is 57.5 Å². The number of nitrogens with zero attached hydrogens (tertiary/aromatic N) is 2. The second kappa shape index (κ2) is 9.40. The third kappa shape index (κ3) is 6.38. The van der Waals surface area contributed by atoms with Crippen LogP contribution in [0.3, 0.4) is 0 Å². The normalized spacial score (nSPS) is 20.7. The number of aromatic nitrogens is 1. The Morgan fingerprint density at radius 3 is 2.86 bits per heavy atom. The minimum Gasteiger partial charge on any atom is -0.444 e. The summed E-state index contributed by atoms with van der Waals surface area (Å²) in [5, 5.41) is 3.37. The number of carbonyl (C=O) groups is 2. The van der Waals surface area contributed by atoms with E-state index >= 15 is 0 Å². The van der Waals surface area contributed by atoms with E-state index in [9.17, 15) is 9.59 Å². The lowest BCUT2D eigenvalue weighted by Gasteiger charge is -2.29. The fourth-order valence-electron chi connectivity index (χ4n) is 3.20. The molecule has 3 heterocycles. The average Bonchev–Trinajstić information content (AvgIpc) is 3.06. The van der Waals surface area contributed by atoms with E-state index in [4.69, 9.17) is 14.2 Å². The van der Waals surface area contributed by atoms with Crippen molar-refractivity contribution in [2.75, 3.05) is 25.1 Å². The van der Waals surface area contributed by atoms with Gasteiger partial charge in [-0.2, -0.15) is 0 Å². The van der Waals surface area contributed by atoms with E-state index in [1.165, 1.54) is 11.3 Å².